The Bertz CT molecular complexity index is 368. The molecule has 0 saturated carbocycles. The lowest BCUT2D eigenvalue weighted by molar-refractivity contribution is 0.0691. The van der Waals surface area contributed by atoms with Crippen molar-refractivity contribution in [1.82, 2.24) is 4.98 Å². The molecule has 0 aliphatic heterocycles. The standard InChI is InChI=1S/C11H16N2O3/c1-7(6-14)8(2)13-9-4-3-5-12-10(9)11(15)16/h3-5,7-8,13-14H,6H2,1-2H3,(H,15,16). The molecule has 2 atom stereocenters. The number of aromatic nitrogens is 1. The van der Waals surface area contributed by atoms with Gasteiger partial charge in [-0.2, -0.15) is 0 Å². The van der Waals surface area contributed by atoms with Crippen LogP contribution in [0, 0.1) is 5.92 Å². The van der Waals surface area contributed by atoms with Crippen molar-refractivity contribution >= 4 is 11.7 Å². The number of nitrogens with zero attached hydrogens (tertiary/aromatic N) is 1. The van der Waals surface area contributed by atoms with Crippen LogP contribution in [0.5, 0.6) is 0 Å². The van der Waals surface area contributed by atoms with Crippen molar-refractivity contribution in [3.8, 4) is 0 Å². The normalized spacial score (nSPS) is 14.2. The SMILES string of the molecule is CC(CO)C(C)Nc1cccnc1C(=O)O. The first-order chi connectivity index (χ1) is 7.56. The lowest BCUT2D eigenvalue weighted by Gasteiger charge is -2.21. The van der Waals surface area contributed by atoms with E-state index in [1.165, 1.54) is 6.20 Å². The largest absolute Gasteiger partial charge is 0.476 e. The van der Waals surface area contributed by atoms with Crippen molar-refractivity contribution in [2.45, 2.75) is 19.9 Å². The third-order valence-corrected chi connectivity index (χ3v) is 2.53. The van der Waals surface area contributed by atoms with E-state index in [1.54, 1.807) is 12.1 Å². The number of rotatable bonds is 5. The average molecular weight is 224 g/mol. The molecule has 88 valence electrons. The highest BCUT2D eigenvalue weighted by molar-refractivity contribution is 5.91. The summed E-state index contributed by atoms with van der Waals surface area (Å²) in [6.45, 7) is 3.82. The van der Waals surface area contributed by atoms with E-state index in [-0.39, 0.29) is 24.3 Å². The minimum absolute atomic E-state index is 0.000472. The first-order valence-electron chi connectivity index (χ1n) is 5.12. The van der Waals surface area contributed by atoms with E-state index in [0.29, 0.717) is 5.69 Å². The van der Waals surface area contributed by atoms with Crippen LogP contribution in [0.4, 0.5) is 5.69 Å². The molecule has 5 heteroatoms. The van der Waals surface area contributed by atoms with Crippen LogP contribution in [-0.2, 0) is 0 Å². The van der Waals surface area contributed by atoms with Gasteiger partial charge in [-0.1, -0.05) is 6.92 Å². The van der Waals surface area contributed by atoms with Gasteiger partial charge < -0.3 is 15.5 Å². The molecule has 5 nitrogen and oxygen atoms in total. The van der Waals surface area contributed by atoms with Crippen molar-refractivity contribution < 1.29 is 15.0 Å². The van der Waals surface area contributed by atoms with Gasteiger partial charge >= 0.3 is 5.97 Å². The van der Waals surface area contributed by atoms with Gasteiger partial charge in [0.25, 0.3) is 0 Å². The highest BCUT2D eigenvalue weighted by Crippen LogP contribution is 2.16. The summed E-state index contributed by atoms with van der Waals surface area (Å²) in [5.74, 6) is -1.02. The summed E-state index contributed by atoms with van der Waals surface area (Å²) in [7, 11) is 0. The van der Waals surface area contributed by atoms with Crippen LogP contribution in [0.25, 0.3) is 0 Å². The van der Waals surface area contributed by atoms with Gasteiger partial charge in [0, 0.05) is 18.8 Å². The number of hydrogen-bond acceptors (Lipinski definition) is 4. The molecule has 0 aliphatic rings. The van der Waals surface area contributed by atoms with E-state index in [0.717, 1.165) is 0 Å². The highest BCUT2D eigenvalue weighted by Gasteiger charge is 2.15. The first-order valence-corrected chi connectivity index (χ1v) is 5.12. The van der Waals surface area contributed by atoms with E-state index < -0.39 is 5.97 Å². The predicted molar refractivity (Wildman–Crippen MR) is 60.5 cm³/mol. The molecule has 0 bridgehead atoms. The van der Waals surface area contributed by atoms with Crippen LogP contribution < -0.4 is 5.32 Å². The monoisotopic (exact) mass is 224 g/mol. The number of hydrogen-bond donors (Lipinski definition) is 3. The minimum Gasteiger partial charge on any atom is -0.476 e. The van der Waals surface area contributed by atoms with Crippen molar-refractivity contribution in [1.29, 1.82) is 0 Å². The lowest BCUT2D eigenvalue weighted by Crippen LogP contribution is -2.27. The minimum atomic E-state index is -1.06. The molecular formula is C11H16N2O3. The van der Waals surface area contributed by atoms with E-state index in [1.807, 2.05) is 13.8 Å². The Hall–Kier alpha value is -1.62. The lowest BCUT2D eigenvalue weighted by atomic mass is 10.0. The molecule has 1 heterocycles. The van der Waals surface area contributed by atoms with Crippen molar-refractivity contribution in [2.24, 2.45) is 5.92 Å². The fourth-order valence-corrected chi connectivity index (χ4v) is 1.24. The molecule has 0 saturated heterocycles. The molecule has 1 aromatic rings. The molecule has 3 N–H and O–H groups in total. The number of aromatic carboxylic acids is 1. The fraction of sp³-hybridized carbons (Fsp3) is 0.455. The Kier molecular flexibility index (Phi) is 4.25. The summed E-state index contributed by atoms with van der Waals surface area (Å²) in [4.78, 5) is 14.7. The zero-order chi connectivity index (χ0) is 12.1. The number of pyridine rings is 1. The second kappa shape index (κ2) is 5.46. The number of carbonyl (C=O) groups is 1. The second-order valence-corrected chi connectivity index (χ2v) is 3.80. The maximum atomic E-state index is 10.9. The number of aliphatic hydroxyl groups excluding tert-OH is 1. The van der Waals surface area contributed by atoms with Crippen LogP contribution in [0.1, 0.15) is 24.3 Å². The summed E-state index contributed by atoms with van der Waals surface area (Å²) in [5.41, 5.74) is 0.474. The van der Waals surface area contributed by atoms with Crippen LogP contribution in [0.2, 0.25) is 0 Å². The van der Waals surface area contributed by atoms with Crippen molar-refractivity contribution in [3.05, 3.63) is 24.0 Å². The van der Waals surface area contributed by atoms with Gasteiger partial charge in [-0.15, -0.1) is 0 Å². The number of nitrogens with one attached hydrogen (secondary N) is 1. The van der Waals surface area contributed by atoms with Gasteiger partial charge in [0.1, 0.15) is 0 Å². The maximum Gasteiger partial charge on any atom is 0.356 e. The number of carboxylic acid groups (broad SMARTS) is 1. The third-order valence-electron chi connectivity index (χ3n) is 2.53. The zero-order valence-electron chi connectivity index (χ0n) is 9.34. The van der Waals surface area contributed by atoms with Crippen LogP contribution in [0.3, 0.4) is 0 Å². The van der Waals surface area contributed by atoms with E-state index in [2.05, 4.69) is 10.3 Å². The summed E-state index contributed by atoms with van der Waals surface area (Å²) >= 11 is 0. The van der Waals surface area contributed by atoms with Crippen LogP contribution >= 0.6 is 0 Å². The molecule has 0 aliphatic carbocycles. The molecule has 2 unspecified atom stereocenters. The Morgan fingerprint density at radius 1 is 1.56 bits per heavy atom. The fourth-order valence-electron chi connectivity index (χ4n) is 1.24. The molecule has 16 heavy (non-hydrogen) atoms. The third kappa shape index (κ3) is 2.93. The maximum absolute atomic E-state index is 10.9. The molecule has 1 rings (SSSR count). The Morgan fingerprint density at radius 3 is 2.81 bits per heavy atom. The van der Waals surface area contributed by atoms with Crippen LogP contribution in [-0.4, -0.2) is 33.8 Å². The molecule has 0 amide bonds. The highest BCUT2D eigenvalue weighted by atomic mass is 16.4. The second-order valence-electron chi connectivity index (χ2n) is 3.80. The van der Waals surface area contributed by atoms with Gasteiger partial charge in [0.05, 0.1) is 5.69 Å². The predicted octanol–water partition coefficient (Wildman–Crippen LogP) is 1.21. The quantitative estimate of drug-likeness (QED) is 0.700. The van der Waals surface area contributed by atoms with Crippen molar-refractivity contribution in [2.75, 3.05) is 11.9 Å². The number of anilines is 1. The van der Waals surface area contributed by atoms with Gasteiger partial charge in [-0.3, -0.25) is 0 Å². The molecule has 1 aromatic heterocycles. The first kappa shape index (κ1) is 12.4. The van der Waals surface area contributed by atoms with Crippen LogP contribution in [0.15, 0.2) is 18.3 Å². The van der Waals surface area contributed by atoms with E-state index in [4.69, 9.17) is 10.2 Å². The summed E-state index contributed by atoms with van der Waals surface area (Å²) in [6, 6.07) is 3.31. The Balaban J connectivity index is 2.84. The average Bonchev–Trinajstić information content (AvgIpc) is 2.28. The van der Waals surface area contributed by atoms with Gasteiger partial charge in [0.2, 0.25) is 0 Å². The molecule has 0 fully saturated rings. The van der Waals surface area contributed by atoms with E-state index in [9.17, 15) is 4.79 Å². The van der Waals surface area contributed by atoms with Gasteiger partial charge in [0.15, 0.2) is 5.69 Å². The van der Waals surface area contributed by atoms with Gasteiger partial charge in [-0.25, -0.2) is 9.78 Å². The topological polar surface area (TPSA) is 82.5 Å². The molecule has 0 spiro atoms. The Morgan fingerprint density at radius 2 is 2.25 bits per heavy atom. The van der Waals surface area contributed by atoms with Crippen molar-refractivity contribution in [3.63, 3.8) is 0 Å². The summed E-state index contributed by atoms with van der Waals surface area (Å²) in [5, 5.41) is 21.0. The zero-order valence-corrected chi connectivity index (χ0v) is 9.34. The smallest absolute Gasteiger partial charge is 0.356 e. The summed E-state index contributed by atoms with van der Waals surface area (Å²) < 4.78 is 0. The number of aliphatic hydroxyl groups is 1. The molecule has 0 radical (unpaired) electrons. The molecular weight excluding hydrogens is 208 g/mol. The number of carboxylic acids is 1. The summed E-state index contributed by atoms with van der Waals surface area (Å²) in [6.07, 6.45) is 1.44. The molecule has 0 aromatic carbocycles. The van der Waals surface area contributed by atoms with E-state index >= 15 is 0 Å². The van der Waals surface area contributed by atoms with Gasteiger partial charge in [-0.05, 0) is 25.0 Å². The Labute approximate surface area is 94.1 Å².